The van der Waals surface area contributed by atoms with E-state index < -0.39 is 0 Å². The van der Waals surface area contributed by atoms with E-state index in [-0.39, 0.29) is 5.41 Å². The highest BCUT2D eigenvalue weighted by molar-refractivity contribution is 5.69. The van der Waals surface area contributed by atoms with Crippen molar-refractivity contribution in [3.63, 3.8) is 0 Å². The van der Waals surface area contributed by atoms with Gasteiger partial charge in [-0.25, -0.2) is 0 Å². The molecule has 5 nitrogen and oxygen atoms in total. The Morgan fingerprint density at radius 1 is 0.966 bits per heavy atom. The summed E-state index contributed by atoms with van der Waals surface area (Å²) >= 11 is 0. The molecule has 3 aliphatic carbocycles. The van der Waals surface area contributed by atoms with Crippen molar-refractivity contribution >= 4 is 0 Å². The lowest BCUT2D eigenvalue weighted by Gasteiger charge is -2.53. The second-order valence-corrected chi connectivity index (χ2v) is 9.18. The maximum absolute atomic E-state index is 5.64. The molecule has 1 aromatic heterocycles. The zero-order valence-electron chi connectivity index (χ0n) is 18.5. The number of rotatable bonds is 8. The summed E-state index contributed by atoms with van der Waals surface area (Å²) in [5.74, 6) is 3.45. The fraction of sp³-hybridized carbons (Fsp3) is 0.667. The van der Waals surface area contributed by atoms with Crippen LogP contribution in [0.15, 0.2) is 18.2 Å². The molecule has 1 aromatic carbocycles. The second-order valence-electron chi connectivity index (χ2n) is 9.18. The quantitative estimate of drug-likeness (QED) is 0.538. The molecule has 1 heterocycles. The van der Waals surface area contributed by atoms with Crippen LogP contribution in [0.25, 0.3) is 11.4 Å². The van der Waals surface area contributed by atoms with Gasteiger partial charge in [0.05, 0.1) is 19.8 Å². The van der Waals surface area contributed by atoms with E-state index in [0.717, 1.165) is 28.7 Å². The summed E-state index contributed by atoms with van der Waals surface area (Å²) in [4.78, 5) is 0. The molecule has 0 spiro atoms. The Hall–Kier alpha value is -2.04. The van der Waals surface area contributed by atoms with Crippen molar-refractivity contribution in [3.05, 3.63) is 24.0 Å². The van der Waals surface area contributed by atoms with Crippen LogP contribution < -0.4 is 9.47 Å². The van der Waals surface area contributed by atoms with Crippen molar-refractivity contribution in [3.8, 4) is 22.9 Å². The molecule has 0 N–H and O–H groups in total. The average molecular weight is 398 g/mol. The molecule has 0 unspecified atom stereocenters. The van der Waals surface area contributed by atoms with Gasteiger partial charge >= 0.3 is 0 Å². The molecular formula is C24H35N3O2. The smallest absolute Gasteiger partial charge is 0.171 e. The third kappa shape index (κ3) is 3.43. The number of methoxy groups -OCH3 is 2. The standard InChI is InChI=1S/C24H35N3O2/c1-5-6-7-11-23-12-15-24(16-13-23,17-14-23)22-26-25-21(27(22)2)18-9-8-10-19(28-3)20(18)29-4/h8-10H,5-7,11-17H2,1-4H3. The normalized spacial score (nSPS) is 25.9. The van der Waals surface area contributed by atoms with Gasteiger partial charge in [0.25, 0.3) is 0 Å². The van der Waals surface area contributed by atoms with Crippen molar-refractivity contribution < 1.29 is 9.47 Å². The SMILES string of the molecule is CCCCCC12CCC(c3nnc(-c4cccc(OC)c4OC)n3C)(CC1)CC2. The second kappa shape index (κ2) is 8.00. The zero-order chi connectivity index (χ0) is 20.5. The molecule has 5 rings (SSSR count). The first-order chi connectivity index (χ1) is 14.1. The minimum atomic E-state index is 0.193. The molecule has 2 aromatic rings. The minimum Gasteiger partial charge on any atom is -0.493 e. The summed E-state index contributed by atoms with van der Waals surface area (Å²) in [6, 6.07) is 5.93. The number of hydrogen-bond donors (Lipinski definition) is 0. The van der Waals surface area contributed by atoms with Crippen molar-refractivity contribution in [2.45, 2.75) is 76.5 Å². The van der Waals surface area contributed by atoms with Crippen molar-refractivity contribution in [1.29, 1.82) is 0 Å². The Labute approximate surface area is 174 Å². The van der Waals surface area contributed by atoms with Crippen LogP contribution >= 0.6 is 0 Å². The van der Waals surface area contributed by atoms with Crippen LogP contribution in [0, 0.1) is 5.41 Å². The number of nitrogens with zero attached hydrogens (tertiary/aromatic N) is 3. The van der Waals surface area contributed by atoms with Crippen molar-refractivity contribution in [1.82, 2.24) is 14.8 Å². The Bertz CT molecular complexity index is 833. The Morgan fingerprint density at radius 2 is 1.69 bits per heavy atom. The molecular weight excluding hydrogens is 362 g/mol. The van der Waals surface area contributed by atoms with Gasteiger partial charge < -0.3 is 14.0 Å². The van der Waals surface area contributed by atoms with Gasteiger partial charge in [0, 0.05) is 12.5 Å². The van der Waals surface area contributed by atoms with Gasteiger partial charge in [0.2, 0.25) is 0 Å². The molecule has 3 fully saturated rings. The van der Waals surface area contributed by atoms with E-state index in [1.54, 1.807) is 14.2 Å². The van der Waals surface area contributed by atoms with E-state index in [2.05, 4.69) is 23.6 Å². The van der Waals surface area contributed by atoms with Gasteiger partial charge in [-0.05, 0) is 62.5 Å². The van der Waals surface area contributed by atoms with Crippen LogP contribution in [0.1, 0.15) is 77.0 Å². The first-order valence-electron chi connectivity index (χ1n) is 11.2. The maximum Gasteiger partial charge on any atom is 0.171 e. The highest BCUT2D eigenvalue weighted by atomic mass is 16.5. The minimum absolute atomic E-state index is 0.193. The highest BCUT2D eigenvalue weighted by Crippen LogP contribution is 2.59. The van der Waals surface area contributed by atoms with E-state index in [4.69, 9.17) is 14.6 Å². The van der Waals surface area contributed by atoms with Gasteiger partial charge in [0.15, 0.2) is 17.3 Å². The van der Waals surface area contributed by atoms with Gasteiger partial charge in [-0.3, -0.25) is 0 Å². The van der Waals surface area contributed by atoms with E-state index in [0.29, 0.717) is 5.41 Å². The number of ether oxygens (including phenoxy) is 2. The Balaban J connectivity index is 1.60. The summed E-state index contributed by atoms with van der Waals surface area (Å²) in [5, 5.41) is 9.34. The third-order valence-electron chi connectivity index (χ3n) is 7.71. The lowest BCUT2D eigenvalue weighted by molar-refractivity contribution is 0.0250. The topological polar surface area (TPSA) is 49.2 Å². The Kier molecular flexibility index (Phi) is 5.58. The van der Waals surface area contributed by atoms with Crippen LogP contribution in [0.5, 0.6) is 11.5 Å². The van der Waals surface area contributed by atoms with Crippen LogP contribution in [0.4, 0.5) is 0 Å². The van der Waals surface area contributed by atoms with Gasteiger partial charge in [-0.2, -0.15) is 0 Å². The third-order valence-corrected chi connectivity index (χ3v) is 7.71. The predicted molar refractivity (Wildman–Crippen MR) is 115 cm³/mol. The lowest BCUT2D eigenvalue weighted by Crippen LogP contribution is -2.45. The largest absolute Gasteiger partial charge is 0.493 e. The monoisotopic (exact) mass is 397 g/mol. The molecule has 0 amide bonds. The fourth-order valence-electron chi connectivity index (χ4n) is 5.81. The fourth-order valence-corrected chi connectivity index (χ4v) is 5.81. The van der Waals surface area contributed by atoms with Crippen LogP contribution in [-0.4, -0.2) is 29.0 Å². The van der Waals surface area contributed by atoms with Crippen LogP contribution in [0.2, 0.25) is 0 Å². The first kappa shape index (κ1) is 20.2. The van der Waals surface area contributed by atoms with Crippen LogP contribution in [0.3, 0.4) is 0 Å². The summed E-state index contributed by atoms with van der Waals surface area (Å²) in [6.45, 7) is 2.30. The average Bonchev–Trinajstić information content (AvgIpc) is 3.16. The molecule has 0 atom stereocenters. The molecule has 29 heavy (non-hydrogen) atoms. The van der Waals surface area contributed by atoms with Crippen LogP contribution in [-0.2, 0) is 12.5 Å². The van der Waals surface area contributed by atoms with Gasteiger partial charge in [0.1, 0.15) is 5.82 Å². The maximum atomic E-state index is 5.64. The summed E-state index contributed by atoms with van der Waals surface area (Å²) in [6.07, 6.45) is 13.3. The van der Waals surface area contributed by atoms with Gasteiger partial charge in [-0.1, -0.05) is 32.3 Å². The summed E-state index contributed by atoms with van der Waals surface area (Å²) in [5.41, 5.74) is 1.73. The zero-order valence-corrected chi connectivity index (χ0v) is 18.5. The molecule has 3 aliphatic rings. The van der Waals surface area contributed by atoms with E-state index in [1.165, 1.54) is 64.2 Å². The number of benzene rings is 1. The number of unbranched alkanes of at least 4 members (excludes halogenated alkanes) is 2. The molecule has 2 bridgehead atoms. The molecule has 0 aliphatic heterocycles. The molecule has 5 heteroatoms. The number of aromatic nitrogens is 3. The first-order valence-corrected chi connectivity index (χ1v) is 11.2. The van der Waals surface area contributed by atoms with Crippen molar-refractivity contribution in [2.75, 3.05) is 14.2 Å². The number of fused-ring (bicyclic) bond motifs is 3. The predicted octanol–water partition coefficient (Wildman–Crippen LogP) is 5.67. The Morgan fingerprint density at radius 3 is 2.31 bits per heavy atom. The van der Waals surface area contributed by atoms with Gasteiger partial charge in [-0.15, -0.1) is 10.2 Å². The lowest BCUT2D eigenvalue weighted by atomic mass is 9.52. The number of para-hydroxylation sites is 1. The highest BCUT2D eigenvalue weighted by Gasteiger charge is 2.51. The van der Waals surface area contributed by atoms with E-state index >= 15 is 0 Å². The molecule has 158 valence electrons. The van der Waals surface area contributed by atoms with E-state index in [9.17, 15) is 0 Å². The molecule has 0 radical (unpaired) electrons. The molecule has 3 saturated carbocycles. The molecule has 0 saturated heterocycles. The summed E-state index contributed by atoms with van der Waals surface area (Å²) in [7, 11) is 5.45. The number of hydrogen-bond acceptors (Lipinski definition) is 4. The van der Waals surface area contributed by atoms with E-state index in [1.807, 2.05) is 18.2 Å². The van der Waals surface area contributed by atoms with Crippen molar-refractivity contribution in [2.24, 2.45) is 12.5 Å². The summed E-state index contributed by atoms with van der Waals surface area (Å²) < 4.78 is 13.3.